The van der Waals surface area contributed by atoms with E-state index in [0.29, 0.717) is 23.1 Å². The fourth-order valence-corrected chi connectivity index (χ4v) is 2.00. The van der Waals surface area contributed by atoms with E-state index < -0.39 is 12.1 Å². The van der Waals surface area contributed by atoms with Gasteiger partial charge >= 0.3 is 5.97 Å². The number of rotatable bonds is 6. The van der Waals surface area contributed by atoms with Crippen molar-refractivity contribution in [1.29, 1.82) is 0 Å². The Balaban J connectivity index is 2.77. The van der Waals surface area contributed by atoms with Crippen LogP contribution in [0.2, 0.25) is 5.02 Å². The quantitative estimate of drug-likeness (QED) is 0.625. The van der Waals surface area contributed by atoms with Gasteiger partial charge in [-0.25, -0.2) is 4.79 Å². The number of hydrogen-bond acceptors (Lipinski definition) is 5. The molecule has 1 aromatic carbocycles. The highest BCUT2D eigenvalue weighted by molar-refractivity contribution is 7.80. The molecule has 0 aliphatic heterocycles. The van der Waals surface area contributed by atoms with Crippen LogP contribution in [0.5, 0.6) is 5.75 Å². The Labute approximate surface area is 140 Å². The number of esters is 1. The van der Waals surface area contributed by atoms with E-state index in [1.54, 1.807) is 32.0 Å². The summed E-state index contributed by atoms with van der Waals surface area (Å²) in [6.45, 7) is 7.39. The molecule has 1 N–H and O–H groups in total. The van der Waals surface area contributed by atoms with Gasteiger partial charge in [0.1, 0.15) is 5.75 Å². The van der Waals surface area contributed by atoms with Crippen LogP contribution in [0, 0.1) is 0 Å². The average Bonchev–Trinajstić information content (AvgIpc) is 2.41. The molecular weight excluding hydrogens is 326 g/mol. The Bertz CT molecular complexity index is 536. The molecule has 0 spiro atoms. The van der Waals surface area contributed by atoms with Gasteiger partial charge in [0.2, 0.25) is 0 Å². The molecule has 0 radical (unpaired) electrons. The minimum absolute atomic E-state index is 0.0214. The fourth-order valence-electron chi connectivity index (χ4n) is 1.53. The van der Waals surface area contributed by atoms with Crippen molar-refractivity contribution in [3.63, 3.8) is 0 Å². The predicted octanol–water partition coefficient (Wildman–Crippen LogP) is 3.79. The van der Waals surface area contributed by atoms with Gasteiger partial charge in [-0.05, 0) is 52.0 Å². The van der Waals surface area contributed by atoms with Crippen LogP contribution in [-0.4, -0.2) is 30.0 Å². The highest BCUT2D eigenvalue weighted by atomic mass is 35.5. The van der Waals surface area contributed by atoms with Gasteiger partial charge in [-0.3, -0.25) is 0 Å². The van der Waals surface area contributed by atoms with E-state index in [9.17, 15) is 4.79 Å². The molecule has 7 heteroatoms. The normalized spacial score (nSPS) is 11.7. The van der Waals surface area contributed by atoms with E-state index >= 15 is 0 Å². The molecule has 0 bridgehead atoms. The lowest BCUT2D eigenvalue weighted by Crippen LogP contribution is -2.26. The third-order valence-corrected chi connectivity index (χ3v) is 2.95. The van der Waals surface area contributed by atoms with Gasteiger partial charge < -0.3 is 19.5 Å². The third-order valence-electron chi connectivity index (χ3n) is 2.44. The van der Waals surface area contributed by atoms with E-state index in [1.165, 1.54) is 0 Å². The number of nitrogens with one attached hydrogen (secondary N) is 1. The van der Waals surface area contributed by atoms with Crippen molar-refractivity contribution in [3.8, 4) is 5.75 Å². The van der Waals surface area contributed by atoms with Crippen LogP contribution in [0.25, 0.3) is 0 Å². The maximum atomic E-state index is 11.6. The van der Waals surface area contributed by atoms with Crippen LogP contribution in [0.4, 0.5) is 5.69 Å². The first-order valence-corrected chi connectivity index (χ1v) is 7.72. The van der Waals surface area contributed by atoms with Crippen molar-refractivity contribution in [3.05, 3.63) is 23.2 Å². The molecule has 1 aromatic rings. The third kappa shape index (κ3) is 6.07. The first kappa shape index (κ1) is 18.5. The number of ether oxygens (including phenoxy) is 3. The molecule has 0 heterocycles. The summed E-state index contributed by atoms with van der Waals surface area (Å²) in [4.78, 5) is 11.6. The van der Waals surface area contributed by atoms with Gasteiger partial charge in [0.15, 0.2) is 6.10 Å². The van der Waals surface area contributed by atoms with Gasteiger partial charge in [0, 0.05) is 11.8 Å². The molecule has 5 nitrogen and oxygen atoms in total. The summed E-state index contributed by atoms with van der Waals surface area (Å²) in [6.07, 6.45) is -0.779. The molecule has 1 atom stereocenters. The first-order valence-electron chi connectivity index (χ1n) is 6.94. The van der Waals surface area contributed by atoms with E-state index in [-0.39, 0.29) is 11.3 Å². The Hall–Kier alpha value is -1.53. The lowest BCUT2D eigenvalue weighted by molar-refractivity contribution is -0.150. The molecule has 0 saturated carbocycles. The zero-order chi connectivity index (χ0) is 16.7. The van der Waals surface area contributed by atoms with E-state index in [4.69, 9.17) is 38.0 Å². The van der Waals surface area contributed by atoms with Crippen molar-refractivity contribution >= 4 is 40.7 Å². The maximum Gasteiger partial charge on any atom is 0.347 e. The number of thiocarbonyl (C=S) groups is 1. The molecule has 0 amide bonds. The van der Waals surface area contributed by atoms with Gasteiger partial charge in [-0.2, -0.15) is 0 Å². The minimum atomic E-state index is -0.758. The Kier molecular flexibility index (Phi) is 7.41. The van der Waals surface area contributed by atoms with E-state index in [0.717, 1.165) is 0 Å². The SMILES string of the molecule is CCOC(=O)C(C)Oc1cc(NC(=S)OC(C)C)ccc1Cl. The van der Waals surface area contributed by atoms with Crippen molar-refractivity contribution in [2.24, 2.45) is 0 Å². The van der Waals surface area contributed by atoms with Crippen molar-refractivity contribution in [1.82, 2.24) is 0 Å². The zero-order valence-corrected chi connectivity index (χ0v) is 14.6. The van der Waals surface area contributed by atoms with Crippen molar-refractivity contribution < 1.29 is 19.0 Å². The monoisotopic (exact) mass is 345 g/mol. The second-order valence-electron chi connectivity index (χ2n) is 4.74. The molecule has 0 fully saturated rings. The molecule has 0 aliphatic carbocycles. The molecule has 0 aromatic heterocycles. The zero-order valence-electron chi connectivity index (χ0n) is 13.0. The average molecular weight is 346 g/mol. The molecule has 1 unspecified atom stereocenters. The number of halogens is 1. The summed E-state index contributed by atoms with van der Waals surface area (Å²) >= 11 is 11.1. The summed E-state index contributed by atoms with van der Waals surface area (Å²) in [7, 11) is 0. The van der Waals surface area contributed by atoms with Crippen LogP contribution >= 0.6 is 23.8 Å². The minimum Gasteiger partial charge on any atom is -0.477 e. The predicted molar refractivity (Wildman–Crippen MR) is 90.6 cm³/mol. The first-order chi connectivity index (χ1) is 10.3. The van der Waals surface area contributed by atoms with Gasteiger partial charge in [0.05, 0.1) is 17.7 Å². The van der Waals surface area contributed by atoms with E-state index in [1.807, 2.05) is 13.8 Å². The second-order valence-corrected chi connectivity index (χ2v) is 5.51. The molecule has 1 rings (SSSR count). The second kappa shape index (κ2) is 8.80. The topological polar surface area (TPSA) is 56.8 Å². The lowest BCUT2D eigenvalue weighted by atomic mass is 10.3. The molecular formula is C15H20ClNO4S. The Morgan fingerprint density at radius 3 is 2.64 bits per heavy atom. The number of hydrogen-bond donors (Lipinski definition) is 1. The summed E-state index contributed by atoms with van der Waals surface area (Å²) in [6, 6.07) is 5.03. The van der Waals surface area contributed by atoms with Crippen LogP contribution in [0.3, 0.4) is 0 Å². The number of benzene rings is 1. The Morgan fingerprint density at radius 1 is 1.36 bits per heavy atom. The van der Waals surface area contributed by atoms with Gasteiger partial charge in [-0.15, -0.1) is 0 Å². The molecule has 0 aliphatic rings. The van der Waals surface area contributed by atoms with E-state index in [2.05, 4.69) is 5.32 Å². The maximum absolute atomic E-state index is 11.6. The standard InChI is InChI=1S/C15H20ClNO4S/c1-5-19-14(18)10(4)21-13-8-11(6-7-12(13)16)17-15(22)20-9(2)3/h6-10H,5H2,1-4H3,(H,17,22). The molecule has 122 valence electrons. The molecule has 0 saturated heterocycles. The van der Waals surface area contributed by atoms with Crippen LogP contribution in [0.1, 0.15) is 27.7 Å². The lowest BCUT2D eigenvalue weighted by Gasteiger charge is -2.16. The van der Waals surface area contributed by atoms with Crippen LogP contribution in [0.15, 0.2) is 18.2 Å². The summed E-state index contributed by atoms with van der Waals surface area (Å²) < 4.78 is 15.8. The fraction of sp³-hybridized carbons (Fsp3) is 0.467. The highest BCUT2D eigenvalue weighted by Crippen LogP contribution is 2.29. The van der Waals surface area contributed by atoms with Crippen molar-refractivity contribution in [2.45, 2.75) is 39.9 Å². The number of carbonyl (C=O) groups excluding carboxylic acids is 1. The van der Waals surface area contributed by atoms with Gasteiger partial charge in [0.25, 0.3) is 5.17 Å². The molecule has 22 heavy (non-hydrogen) atoms. The summed E-state index contributed by atoms with van der Waals surface area (Å²) in [5.74, 6) is -0.0878. The van der Waals surface area contributed by atoms with Gasteiger partial charge in [-0.1, -0.05) is 11.6 Å². The summed E-state index contributed by atoms with van der Waals surface area (Å²) in [5.41, 5.74) is 0.654. The van der Waals surface area contributed by atoms with Crippen molar-refractivity contribution in [2.75, 3.05) is 11.9 Å². The largest absolute Gasteiger partial charge is 0.477 e. The number of anilines is 1. The summed E-state index contributed by atoms with van der Waals surface area (Å²) in [5, 5.41) is 3.56. The Morgan fingerprint density at radius 2 is 2.05 bits per heavy atom. The highest BCUT2D eigenvalue weighted by Gasteiger charge is 2.17. The van der Waals surface area contributed by atoms with Crippen LogP contribution < -0.4 is 10.1 Å². The van der Waals surface area contributed by atoms with Crippen LogP contribution in [-0.2, 0) is 14.3 Å². The number of carbonyl (C=O) groups is 1. The smallest absolute Gasteiger partial charge is 0.347 e.